The van der Waals surface area contributed by atoms with Crippen molar-refractivity contribution in [3.8, 4) is 0 Å². The topological polar surface area (TPSA) is 32.5 Å². The number of nitrogens with zero attached hydrogens (tertiary/aromatic N) is 3. The lowest BCUT2D eigenvalue weighted by molar-refractivity contribution is -0.0105. The minimum absolute atomic E-state index is 0.422. The van der Waals surface area contributed by atoms with Crippen LogP contribution in [0, 0.1) is 12.8 Å². The van der Waals surface area contributed by atoms with E-state index >= 15 is 0 Å². The average Bonchev–Trinajstić information content (AvgIpc) is 3.30. The number of hydrogen-bond acceptors (Lipinski definition) is 4. The first-order chi connectivity index (χ1) is 13.1. The van der Waals surface area contributed by atoms with Gasteiger partial charge in [0.2, 0.25) is 0 Å². The summed E-state index contributed by atoms with van der Waals surface area (Å²) in [5, 5.41) is 4.28. The third-order valence-electron chi connectivity index (χ3n) is 7.13. The van der Waals surface area contributed by atoms with Crippen LogP contribution in [-0.2, 0) is 6.54 Å². The number of hydrogen-bond donors (Lipinski definition) is 0. The van der Waals surface area contributed by atoms with Crippen molar-refractivity contribution < 1.29 is 4.52 Å². The maximum atomic E-state index is 5.70. The van der Waals surface area contributed by atoms with Gasteiger partial charge in [-0.05, 0) is 50.3 Å². The second-order valence-corrected chi connectivity index (χ2v) is 9.17. The van der Waals surface area contributed by atoms with E-state index in [1.807, 2.05) is 0 Å². The van der Waals surface area contributed by atoms with Crippen LogP contribution in [0.2, 0.25) is 0 Å². The summed E-state index contributed by atoms with van der Waals surface area (Å²) in [5.74, 6) is 2.89. The Balaban J connectivity index is 1.44. The van der Waals surface area contributed by atoms with Crippen LogP contribution in [0.1, 0.15) is 61.1 Å². The molecule has 3 atom stereocenters. The zero-order valence-corrected chi connectivity index (χ0v) is 16.8. The van der Waals surface area contributed by atoms with Crippen LogP contribution in [0.3, 0.4) is 0 Å². The molecule has 0 saturated carbocycles. The molecular weight excluding hydrogens is 334 g/mol. The molecule has 4 fully saturated rings. The number of piperidine rings is 3. The first kappa shape index (κ1) is 17.4. The smallest absolute Gasteiger partial charge is 0.150 e. The van der Waals surface area contributed by atoms with Gasteiger partial charge in [-0.15, -0.1) is 0 Å². The van der Waals surface area contributed by atoms with Crippen molar-refractivity contribution in [2.24, 2.45) is 5.92 Å². The van der Waals surface area contributed by atoms with Gasteiger partial charge >= 0.3 is 0 Å². The van der Waals surface area contributed by atoms with Crippen molar-refractivity contribution >= 4 is 0 Å². The van der Waals surface area contributed by atoms with Gasteiger partial charge in [-0.25, -0.2) is 0 Å². The van der Waals surface area contributed by atoms with E-state index in [0.29, 0.717) is 23.9 Å². The average molecular weight is 366 g/mol. The van der Waals surface area contributed by atoms with Crippen LogP contribution in [0.25, 0.3) is 0 Å². The highest BCUT2D eigenvalue weighted by molar-refractivity contribution is 5.30. The molecule has 0 aliphatic carbocycles. The lowest BCUT2D eigenvalue weighted by atomic mass is 9.75. The quantitative estimate of drug-likeness (QED) is 0.814. The number of benzene rings is 1. The fraction of sp³-hybridized carbons (Fsp3) is 0.609. The van der Waals surface area contributed by atoms with Gasteiger partial charge in [0.05, 0.1) is 12.2 Å². The van der Waals surface area contributed by atoms with Gasteiger partial charge in [0.15, 0.2) is 5.76 Å². The predicted octanol–water partition coefficient (Wildman–Crippen LogP) is 4.17. The molecule has 0 unspecified atom stereocenters. The highest BCUT2D eigenvalue weighted by Crippen LogP contribution is 2.47. The van der Waals surface area contributed by atoms with Crippen molar-refractivity contribution in [2.75, 3.05) is 19.6 Å². The first-order valence-electron chi connectivity index (χ1n) is 10.6. The van der Waals surface area contributed by atoms with Gasteiger partial charge in [0, 0.05) is 30.6 Å². The van der Waals surface area contributed by atoms with Crippen LogP contribution in [-0.4, -0.2) is 46.7 Å². The van der Waals surface area contributed by atoms with Crippen LogP contribution < -0.4 is 0 Å². The van der Waals surface area contributed by atoms with Crippen LogP contribution in [0.4, 0.5) is 0 Å². The zero-order valence-electron chi connectivity index (χ0n) is 16.8. The van der Waals surface area contributed by atoms with Crippen molar-refractivity contribution in [2.45, 2.75) is 64.1 Å². The van der Waals surface area contributed by atoms with Gasteiger partial charge in [-0.3, -0.25) is 9.80 Å². The van der Waals surface area contributed by atoms with E-state index in [4.69, 9.17) is 4.52 Å². The lowest BCUT2D eigenvalue weighted by Crippen LogP contribution is -2.59. The summed E-state index contributed by atoms with van der Waals surface area (Å²) in [6.07, 6.45) is 2.71. The molecule has 4 aliphatic heterocycles. The highest BCUT2D eigenvalue weighted by Gasteiger charge is 2.53. The fourth-order valence-electron chi connectivity index (χ4n) is 5.70. The molecule has 1 aromatic carbocycles. The summed E-state index contributed by atoms with van der Waals surface area (Å²) in [5.41, 5.74) is 3.93. The van der Waals surface area contributed by atoms with E-state index in [1.165, 1.54) is 37.1 Å². The highest BCUT2D eigenvalue weighted by atomic mass is 16.5. The second kappa shape index (κ2) is 6.75. The molecule has 0 amide bonds. The molecule has 4 nitrogen and oxygen atoms in total. The summed E-state index contributed by atoms with van der Waals surface area (Å²) in [4.78, 5) is 5.48. The Morgan fingerprint density at radius 1 is 1.11 bits per heavy atom. The van der Waals surface area contributed by atoms with Gasteiger partial charge in [0.1, 0.15) is 0 Å². The molecule has 4 heteroatoms. The number of aryl methyl sites for hydroxylation is 1. The Hall–Kier alpha value is -1.65. The third kappa shape index (κ3) is 3.03. The Morgan fingerprint density at radius 3 is 2.52 bits per heavy atom. The summed E-state index contributed by atoms with van der Waals surface area (Å²) in [7, 11) is 0. The molecule has 1 aromatic heterocycles. The SMILES string of the molecule is Cc1ccc([C@H]2CN(Cc3cc(C(C)C)no3)[C@@H]3C4CCN(CC4)[C@H]23)cc1. The van der Waals surface area contributed by atoms with E-state index in [2.05, 4.69) is 66.1 Å². The lowest BCUT2D eigenvalue weighted by Gasteiger charge is -2.51. The molecule has 144 valence electrons. The molecule has 27 heavy (non-hydrogen) atoms. The molecule has 6 rings (SSSR count). The Kier molecular flexibility index (Phi) is 4.36. The predicted molar refractivity (Wildman–Crippen MR) is 107 cm³/mol. The number of fused-ring (bicyclic) bond motifs is 2. The van der Waals surface area contributed by atoms with Crippen LogP contribution >= 0.6 is 0 Å². The van der Waals surface area contributed by atoms with Gasteiger partial charge < -0.3 is 4.52 Å². The maximum Gasteiger partial charge on any atom is 0.150 e. The van der Waals surface area contributed by atoms with Crippen molar-refractivity contribution in [1.29, 1.82) is 0 Å². The second-order valence-electron chi connectivity index (χ2n) is 9.17. The minimum Gasteiger partial charge on any atom is -0.360 e. The molecule has 2 bridgehead atoms. The summed E-state index contributed by atoms with van der Waals surface area (Å²) in [6.45, 7) is 11.1. The molecule has 5 heterocycles. The van der Waals surface area contributed by atoms with Crippen LogP contribution in [0.5, 0.6) is 0 Å². The van der Waals surface area contributed by atoms with E-state index in [9.17, 15) is 0 Å². The summed E-state index contributed by atoms with van der Waals surface area (Å²) < 4.78 is 5.70. The van der Waals surface area contributed by atoms with Crippen molar-refractivity contribution in [3.05, 3.63) is 52.9 Å². The molecule has 4 aliphatic rings. The van der Waals surface area contributed by atoms with Crippen molar-refractivity contribution in [3.63, 3.8) is 0 Å². The number of likely N-dealkylation sites (tertiary alicyclic amines) is 1. The Bertz CT molecular complexity index is 788. The van der Waals surface area contributed by atoms with Crippen molar-refractivity contribution in [1.82, 2.24) is 15.0 Å². The molecule has 0 radical (unpaired) electrons. The summed E-state index contributed by atoms with van der Waals surface area (Å²) in [6, 6.07) is 12.7. The fourth-order valence-corrected chi connectivity index (χ4v) is 5.70. The Labute approximate surface area is 162 Å². The molecule has 2 aromatic rings. The Morgan fingerprint density at radius 2 is 1.85 bits per heavy atom. The molecular formula is C23H31N3O. The van der Waals surface area contributed by atoms with Gasteiger partial charge in [-0.1, -0.05) is 48.8 Å². The number of aromatic nitrogens is 1. The normalized spacial score (nSPS) is 33.0. The molecule has 0 spiro atoms. The third-order valence-corrected chi connectivity index (χ3v) is 7.13. The standard InChI is InChI=1S/C23H31N3O/c1-15(2)21-12-19(27-24-21)13-26-14-20(17-6-4-16(3)5-7-17)23-22(26)18-8-10-25(23)11-9-18/h4-7,12,15,18,20,22-23H,8-11,13-14H2,1-3H3/t20-,22-,23-/m1/s1. The molecule has 4 saturated heterocycles. The maximum absolute atomic E-state index is 5.70. The first-order valence-corrected chi connectivity index (χ1v) is 10.6. The van der Waals surface area contributed by atoms with Gasteiger partial charge in [-0.2, -0.15) is 0 Å². The minimum atomic E-state index is 0.422. The van der Waals surface area contributed by atoms with Gasteiger partial charge in [0.25, 0.3) is 0 Å². The van der Waals surface area contributed by atoms with E-state index in [0.717, 1.165) is 30.5 Å². The van der Waals surface area contributed by atoms with E-state index in [1.54, 1.807) is 0 Å². The zero-order chi connectivity index (χ0) is 18.5. The largest absolute Gasteiger partial charge is 0.360 e. The van der Waals surface area contributed by atoms with E-state index < -0.39 is 0 Å². The molecule has 0 N–H and O–H groups in total. The number of rotatable bonds is 4. The summed E-state index contributed by atoms with van der Waals surface area (Å²) >= 11 is 0. The monoisotopic (exact) mass is 365 g/mol. The van der Waals surface area contributed by atoms with Crippen LogP contribution in [0.15, 0.2) is 34.9 Å². The van der Waals surface area contributed by atoms with E-state index in [-0.39, 0.29) is 0 Å².